The Labute approximate surface area is 353 Å². The van der Waals surface area contributed by atoms with Crippen molar-refractivity contribution in [3.8, 4) is 22.8 Å². The molecule has 324 valence electrons. The summed E-state index contributed by atoms with van der Waals surface area (Å²) >= 11 is 0. The lowest BCUT2D eigenvalue weighted by Gasteiger charge is -2.34. The molecule has 5 rings (SSSR count). The third-order valence-corrected chi connectivity index (χ3v) is 11.0. The zero-order valence-electron chi connectivity index (χ0n) is 36.5. The highest BCUT2D eigenvalue weighted by molar-refractivity contribution is 6.04. The van der Waals surface area contributed by atoms with Crippen molar-refractivity contribution >= 4 is 40.6 Å². The Hall–Kier alpha value is -5.46. The number of methoxy groups -OCH3 is 2. The van der Waals surface area contributed by atoms with Gasteiger partial charge >= 0.3 is 11.9 Å². The fourth-order valence-electron chi connectivity index (χ4n) is 7.90. The molecule has 2 aliphatic rings. The molecule has 1 saturated carbocycles. The first-order valence-corrected chi connectivity index (χ1v) is 21.1. The standard InChI is InChI=1S/C47H62N4O9/c1-10-17-35(44(55)60-47(5,6)7)49-41(52)33-24-31(59-38-27-36(28-18-13-11-14-19-28)48-37-26-30(57-8)22-23-32(37)38)25-34(33)42(53)51-40(46(2,3)4)43(54)50-39(45(56)58-9)29-20-15-12-16-21-29/h11,13-14,18-19,22-23,25-27,29,31,33,35,39-40H,10,12,15-17,20-21,24H2,1-9H3,(H,49,52)(H,50,54)(H,51,53)/t31-,33-,35-,39-,40-/m0/s1. The number of aromatic nitrogens is 1. The van der Waals surface area contributed by atoms with Gasteiger partial charge in [0.2, 0.25) is 17.7 Å². The minimum atomic E-state index is -1.10. The third-order valence-electron chi connectivity index (χ3n) is 11.0. The molecule has 1 fully saturated rings. The van der Waals surface area contributed by atoms with Gasteiger partial charge in [-0.2, -0.15) is 0 Å². The first-order valence-electron chi connectivity index (χ1n) is 21.1. The summed E-state index contributed by atoms with van der Waals surface area (Å²) in [6, 6.07) is 14.0. The highest BCUT2D eigenvalue weighted by Crippen LogP contribution is 2.37. The van der Waals surface area contributed by atoms with Gasteiger partial charge in [0, 0.05) is 35.1 Å². The summed E-state index contributed by atoms with van der Waals surface area (Å²) in [5.41, 5.74) is 0.620. The predicted octanol–water partition coefficient (Wildman–Crippen LogP) is 7.00. The van der Waals surface area contributed by atoms with Crippen LogP contribution in [0.5, 0.6) is 11.5 Å². The molecule has 0 unspecified atom stereocenters. The van der Waals surface area contributed by atoms with E-state index in [4.69, 9.17) is 23.9 Å². The number of carbonyl (C=O) groups is 5. The Morgan fingerprint density at radius 2 is 1.55 bits per heavy atom. The van der Waals surface area contributed by atoms with E-state index in [1.54, 1.807) is 40.0 Å². The Kier molecular flexibility index (Phi) is 15.0. The zero-order valence-corrected chi connectivity index (χ0v) is 36.5. The Morgan fingerprint density at radius 3 is 2.17 bits per heavy atom. The summed E-state index contributed by atoms with van der Waals surface area (Å²) in [6.45, 7) is 12.6. The van der Waals surface area contributed by atoms with Crippen molar-refractivity contribution in [3.63, 3.8) is 0 Å². The highest BCUT2D eigenvalue weighted by atomic mass is 16.6. The van der Waals surface area contributed by atoms with Crippen LogP contribution in [0.1, 0.15) is 99.8 Å². The minimum absolute atomic E-state index is 0.0564. The lowest BCUT2D eigenvalue weighted by Crippen LogP contribution is -2.58. The lowest BCUT2D eigenvalue weighted by atomic mass is 9.82. The van der Waals surface area contributed by atoms with E-state index in [1.807, 2.05) is 76.2 Å². The SMILES string of the molecule is CCC[C@H](NC(=O)[C@H]1C[C@H](Oc2cc(-c3ccccc3)nc3cc(OC)ccc23)C=C1C(=O)N[C@@H](C(=O)N[C@H](C(=O)OC)C1CCCCC1)C(C)(C)C)C(=O)OC(C)(C)C. The second-order valence-electron chi connectivity index (χ2n) is 17.9. The average Bonchev–Trinajstić information content (AvgIpc) is 3.64. The van der Waals surface area contributed by atoms with Crippen LogP contribution in [0.2, 0.25) is 0 Å². The topological polar surface area (TPSA) is 171 Å². The molecule has 0 aliphatic heterocycles. The van der Waals surface area contributed by atoms with Crippen molar-refractivity contribution in [1.29, 1.82) is 0 Å². The van der Waals surface area contributed by atoms with Crippen molar-refractivity contribution in [2.75, 3.05) is 14.2 Å². The van der Waals surface area contributed by atoms with Gasteiger partial charge in [-0.15, -0.1) is 0 Å². The molecule has 3 amide bonds. The van der Waals surface area contributed by atoms with E-state index in [2.05, 4.69) is 16.0 Å². The van der Waals surface area contributed by atoms with E-state index in [9.17, 15) is 24.0 Å². The van der Waals surface area contributed by atoms with Crippen LogP contribution in [0, 0.1) is 17.3 Å². The van der Waals surface area contributed by atoms with Crippen LogP contribution in [0.25, 0.3) is 22.2 Å². The molecule has 3 N–H and O–H groups in total. The molecule has 0 saturated heterocycles. The van der Waals surface area contributed by atoms with Crippen molar-refractivity contribution in [2.45, 2.75) is 130 Å². The highest BCUT2D eigenvalue weighted by Gasteiger charge is 2.43. The number of hydrogen-bond donors (Lipinski definition) is 3. The molecule has 13 heteroatoms. The maximum Gasteiger partial charge on any atom is 0.329 e. The first-order chi connectivity index (χ1) is 28.4. The summed E-state index contributed by atoms with van der Waals surface area (Å²) in [5, 5.41) is 9.39. The van der Waals surface area contributed by atoms with Gasteiger partial charge in [-0.05, 0) is 69.6 Å². The average molecular weight is 827 g/mol. The van der Waals surface area contributed by atoms with Crippen LogP contribution < -0.4 is 25.4 Å². The number of esters is 2. The molecule has 0 bridgehead atoms. The number of ether oxygens (including phenoxy) is 4. The van der Waals surface area contributed by atoms with E-state index in [1.165, 1.54) is 7.11 Å². The van der Waals surface area contributed by atoms with Crippen LogP contribution in [0.15, 0.2) is 66.2 Å². The van der Waals surface area contributed by atoms with Gasteiger partial charge in [0.25, 0.3) is 0 Å². The molecule has 0 radical (unpaired) electrons. The summed E-state index contributed by atoms with van der Waals surface area (Å²) < 4.78 is 22.9. The maximum atomic E-state index is 14.6. The maximum absolute atomic E-state index is 14.6. The lowest BCUT2D eigenvalue weighted by molar-refractivity contribution is -0.159. The zero-order chi connectivity index (χ0) is 43.8. The number of hydrogen-bond acceptors (Lipinski definition) is 10. The van der Waals surface area contributed by atoms with Gasteiger partial charge in [-0.3, -0.25) is 14.4 Å². The summed E-state index contributed by atoms with van der Waals surface area (Å²) in [6.07, 6.45) is 6.28. The molecule has 1 aromatic heterocycles. The third kappa shape index (κ3) is 11.6. The van der Waals surface area contributed by atoms with Gasteiger partial charge in [0.05, 0.1) is 31.3 Å². The van der Waals surface area contributed by atoms with Crippen molar-refractivity contribution in [3.05, 3.63) is 66.2 Å². The Bertz CT molecular complexity index is 2050. The summed E-state index contributed by atoms with van der Waals surface area (Å²) in [7, 11) is 2.88. The summed E-state index contributed by atoms with van der Waals surface area (Å²) in [5.74, 6) is -2.92. The second kappa shape index (κ2) is 19.7. The molecule has 2 aliphatic carbocycles. The van der Waals surface area contributed by atoms with Crippen LogP contribution >= 0.6 is 0 Å². The monoisotopic (exact) mass is 826 g/mol. The van der Waals surface area contributed by atoms with Gasteiger partial charge in [-0.1, -0.05) is 83.7 Å². The first kappa shape index (κ1) is 45.6. The molecule has 5 atom stereocenters. The number of nitrogens with zero attached hydrogens (tertiary/aromatic N) is 1. The molecule has 60 heavy (non-hydrogen) atoms. The van der Waals surface area contributed by atoms with Crippen molar-refractivity contribution < 1.29 is 42.9 Å². The van der Waals surface area contributed by atoms with Crippen molar-refractivity contribution in [2.24, 2.45) is 17.3 Å². The normalized spacial score (nSPS) is 18.6. The van der Waals surface area contributed by atoms with Gasteiger partial charge in [0.15, 0.2) is 0 Å². The van der Waals surface area contributed by atoms with E-state index in [0.29, 0.717) is 40.9 Å². The fourth-order valence-corrected chi connectivity index (χ4v) is 7.90. The van der Waals surface area contributed by atoms with Crippen LogP contribution in [0.4, 0.5) is 0 Å². The van der Waals surface area contributed by atoms with E-state index in [0.717, 1.165) is 37.7 Å². The van der Waals surface area contributed by atoms with E-state index in [-0.39, 0.29) is 17.9 Å². The molecule has 0 spiro atoms. The van der Waals surface area contributed by atoms with Crippen LogP contribution in [0.3, 0.4) is 0 Å². The predicted molar refractivity (Wildman–Crippen MR) is 229 cm³/mol. The number of amides is 3. The molecular weight excluding hydrogens is 765 g/mol. The number of pyridine rings is 1. The van der Waals surface area contributed by atoms with Crippen LogP contribution in [-0.2, 0) is 33.4 Å². The van der Waals surface area contributed by atoms with Gasteiger partial charge in [0.1, 0.15) is 41.3 Å². The number of fused-ring (bicyclic) bond motifs is 1. The Morgan fingerprint density at radius 1 is 0.850 bits per heavy atom. The van der Waals surface area contributed by atoms with Gasteiger partial charge in [-0.25, -0.2) is 14.6 Å². The number of nitrogens with one attached hydrogen (secondary N) is 3. The smallest absolute Gasteiger partial charge is 0.329 e. The van der Waals surface area contributed by atoms with Crippen LogP contribution in [-0.4, -0.2) is 78.7 Å². The minimum Gasteiger partial charge on any atom is -0.497 e. The van der Waals surface area contributed by atoms with Crippen molar-refractivity contribution in [1.82, 2.24) is 20.9 Å². The number of carbonyl (C=O) groups excluding carboxylic acids is 5. The van der Waals surface area contributed by atoms with E-state index >= 15 is 0 Å². The largest absolute Gasteiger partial charge is 0.497 e. The Balaban J connectivity index is 1.50. The molecule has 13 nitrogen and oxygen atoms in total. The molecular formula is C47H62N4O9. The van der Waals surface area contributed by atoms with E-state index < -0.39 is 70.8 Å². The number of rotatable bonds is 15. The quantitative estimate of drug-likeness (QED) is 0.136. The van der Waals surface area contributed by atoms with Gasteiger partial charge < -0.3 is 34.9 Å². The summed E-state index contributed by atoms with van der Waals surface area (Å²) in [4.78, 5) is 74.2. The fraction of sp³-hybridized carbons (Fsp3) is 0.532. The second-order valence-corrected chi connectivity index (χ2v) is 17.9. The molecule has 2 aromatic carbocycles. The molecule has 3 aromatic rings. The molecule has 1 heterocycles. The number of benzene rings is 2.